The zero-order valence-corrected chi connectivity index (χ0v) is 11.0. The average molecular weight is 235 g/mol. The predicted molar refractivity (Wildman–Crippen MR) is 70.7 cm³/mol. The van der Waals surface area contributed by atoms with Gasteiger partial charge in [-0.1, -0.05) is 19.1 Å². The lowest BCUT2D eigenvalue weighted by molar-refractivity contribution is -0.489. The minimum atomic E-state index is 0.00256. The van der Waals surface area contributed by atoms with Crippen LogP contribution in [0.15, 0.2) is 24.3 Å². The van der Waals surface area contributed by atoms with E-state index in [0.29, 0.717) is 0 Å². The molecule has 1 atom stereocenters. The van der Waals surface area contributed by atoms with Crippen molar-refractivity contribution in [1.82, 2.24) is 0 Å². The summed E-state index contributed by atoms with van der Waals surface area (Å²) in [6.07, 6.45) is 2.59. The highest BCUT2D eigenvalue weighted by atomic mass is 16.5. The number of nitrogens with zero attached hydrogens (tertiary/aromatic N) is 1. The summed E-state index contributed by atoms with van der Waals surface area (Å²) in [6.45, 7) is 5.83. The summed E-state index contributed by atoms with van der Waals surface area (Å²) in [4.78, 5) is 0. The molecule has 0 spiro atoms. The Kier molecular flexibility index (Phi) is 5.01. The number of hydrogen-bond acceptors (Lipinski definition) is 2. The van der Waals surface area contributed by atoms with Gasteiger partial charge in [0.25, 0.3) is 0 Å². The largest absolute Gasteiger partial charge is 0.624 e. The van der Waals surface area contributed by atoms with E-state index in [4.69, 9.17) is 4.74 Å². The van der Waals surface area contributed by atoms with Crippen LogP contribution in [0.1, 0.15) is 26.3 Å². The molecule has 3 nitrogen and oxygen atoms in total. The topological polar surface area (TPSA) is 35.3 Å². The second kappa shape index (κ2) is 6.28. The smallest absolute Gasteiger partial charge is 0.157 e. The molecule has 94 valence electrons. The van der Waals surface area contributed by atoms with Crippen molar-refractivity contribution in [3.8, 4) is 5.75 Å². The van der Waals surface area contributed by atoms with E-state index in [2.05, 4.69) is 6.07 Å². The molecule has 0 aliphatic carbocycles. The summed E-state index contributed by atoms with van der Waals surface area (Å²) in [6, 6.07) is 7.96. The van der Waals surface area contributed by atoms with Crippen LogP contribution in [-0.2, 0) is 6.42 Å². The van der Waals surface area contributed by atoms with Crippen molar-refractivity contribution in [2.24, 2.45) is 5.92 Å². The van der Waals surface area contributed by atoms with Crippen molar-refractivity contribution in [3.63, 3.8) is 0 Å². The van der Waals surface area contributed by atoms with Crippen LogP contribution in [0, 0.1) is 11.1 Å². The lowest BCUT2D eigenvalue weighted by Gasteiger charge is -2.11. The normalized spacial score (nSPS) is 13.8. The van der Waals surface area contributed by atoms with Crippen molar-refractivity contribution in [2.75, 3.05) is 7.11 Å². The predicted octanol–water partition coefficient (Wildman–Crippen LogP) is 2.86. The summed E-state index contributed by atoms with van der Waals surface area (Å²) in [7, 11) is 1.66. The number of ether oxygens (including phenoxy) is 1. The van der Waals surface area contributed by atoms with Crippen molar-refractivity contribution in [3.05, 3.63) is 35.0 Å². The number of hydrogen-bond donors (Lipinski definition) is 0. The zero-order chi connectivity index (χ0) is 12.8. The van der Waals surface area contributed by atoms with E-state index in [1.807, 2.05) is 39.0 Å². The number of methoxy groups -OCH3 is 1. The second-order valence-electron chi connectivity index (χ2n) is 4.64. The molecule has 0 bridgehead atoms. The van der Waals surface area contributed by atoms with Crippen LogP contribution in [0.4, 0.5) is 0 Å². The molecule has 0 aliphatic heterocycles. The third-order valence-corrected chi connectivity index (χ3v) is 2.60. The maximum absolute atomic E-state index is 11.5. The molecule has 0 saturated carbocycles. The summed E-state index contributed by atoms with van der Waals surface area (Å²) in [5.41, 5.74) is 1.19. The van der Waals surface area contributed by atoms with Gasteiger partial charge in [-0.15, -0.1) is 0 Å². The van der Waals surface area contributed by atoms with Gasteiger partial charge in [0, 0.05) is 5.92 Å². The van der Waals surface area contributed by atoms with Crippen molar-refractivity contribution in [2.45, 2.75) is 33.2 Å². The minimum Gasteiger partial charge on any atom is -0.624 e. The van der Waals surface area contributed by atoms with E-state index in [1.54, 1.807) is 13.3 Å². The molecule has 0 saturated heterocycles. The molecule has 0 N–H and O–H groups in total. The molecule has 0 heterocycles. The first-order valence-electron chi connectivity index (χ1n) is 5.96. The Balaban J connectivity index is 2.67. The quantitative estimate of drug-likeness (QED) is 0.340. The SMILES string of the molecule is COc1cccc(CC(C)C=[N+]([O-])C(C)C)c1. The lowest BCUT2D eigenvalue weighted by Crippen LogP contribution is -2.18. The number of benzene rings is 1. The molecular weight excluding hydrogens is 214 g/mol. The fourth-order valence-electron chi connectivity index (χ4n) is 1.65. The van der Waals surface area contributed by atoms with Crippen LogP contribution in [-0.4, -0.2) is 24.1 Å². The van der Waals surface area contributed by atoms with Gasteiger partial charge >= 0.3 is 0 Å². The molecule has 17 heavy (non-hydrogen) atoms. The Morgan fingerprint density at radius 3 is 2.65 bits per heavy atom. The molecule has 0 radical (unpaired) electrons. The molecule has 0 amide bonds. The van der Waals surface area contributed by atoms with E-state index in [0.717, 1.165) is 16.9 Å². The highest BCUT2D eigenvalue weighted by molar-refractivity contribution is 5.55. The van der Waals surface area contributed by atoms with E-state index in [1.165, 1.54) is 5.56 Å². The van der Waals surface area contributed by atoms with Gasteiger partial charge in [-0.3, -0.25) is 0 Å². The third-order valence-electron chi connectivity index (χ3n) is 2.60. The van der Waals surface area contributed by atoms with Gasteiger partial charge in [-0.2, -0.15) is 0 Å². The molecular formula is C14H21NO2. The van der Waals surface area contributed by atoms with Crippen LogP contribution < -0.4 is 4.74 Å². The minimum absolute atomic E-state index is 0.00256. The fraction of sp³-hybridized carbons (Fsp3) is 0.500. The maximum Gasteiger partial charge on any atom is 0.157 e. The maximum atomic E-state index is 11.5. The van der Waals surface area contributed by atoms with Crippen LogP contribution in [0.25, 0.3) is 0 Å². The summed E-state index contributed by atoms with van der Waals surface area (Å²) < 4.78 is 6.19. The van der Waals surface area contributed by atoms with Crippen molar-refractivity contribution < 1.29 is 9.48 Å². The van der Waals surface area contributed by atoms with Crippen molar-refractivity contribution in [1.29, 1.82) is 0 Å². The van der Waals surface area contributed by atoms with Crippen LogP contribution in [0.5, 0.6) is 5.75 Å². The van der Waals surface area contributed by atoms with Gasteiger partial charge < -0.3 is 9.94 Å². The first kappa shape index (κ1) is 13.6. The molecule has 3 heteroatoms. The van der Waals surface area contributed by atoms with Crippen molar-refractivity contribution >= 4 is 6.21 Å². The van der Waals surface area contributed by atoms with Gasteiger partial charge in [0.2, 0.25) is 0 Å². The molecule has 1 aromatic carbocycles. The summed E-state index contributed by atoms with van der Waals surface area (Å²) in [5, 5.41) is 11.5. The van der Waals surface area contributed by atoms with E-state index < -0.39 is 0 Å². The summed E-state index contributed by atoms with van der Waals surface area (Å²) >= 11 is 0. The average Bonchev–Trinajstić information content (AvgIpc) is 2.28. The number of rotatable bonds is 5. The van der Waals surface area contributed by atoms with Gasteiger partial charge in [-0.25, -0.2) is 4.74 Å². The van der Waals surface area contributed by atoms with Gasteiger partial charge in [0.15, 0.2) is 12.3 Å². The third kappa shape index (κ3) is 4.47. The van der Waals surface area contributed by atoms with Gasteiger partial charge in [0.1, 0.15) is 5.75 Å². The van der Waals surface area contributed by atoms with E-state index in [9.17, 15) is 5.21 Å². The highest BCUT2D eigenvalue weighted by Crippen LogP contribution is 2.15. The second-order valence-corrected chi connectivity index (χ2v) is 4.64. The Labute approximate surface area is 103 Å². The summed E-state index contributed by atoms with van der Waals surface area (Å²) in [5.74, 6) is 1.08. The van der Waals surface area contributed by atoms with E-state index in [-0.39, 0.29) is 12.0 Å². The fourth-order valence-corrected chi connectivity index (χ4v) is 1.65. The standard InChI is InChI=1S/C14H21NO2/c1-11(2)15(16)10-12(3)8-13-6-5-7-14(9-13)17-4/h5-7,9-12H,8H2,1-4H3. The molecule has 0 aromatic heterocycles. The Bertz CT molecular complexity index is 386. The van der Waals surface area contributed by atoms with E-state index >= 15 is 0 Å². The molecule has 1 unspecified atom stereocenters. The Morgan fingerprint density at radius 1 is 1.35 bits per heavy atom. The Morgan fingerprint density at radius 2 is 2.06 bits per heavy atom. The van der Waals surface area contributed by atoms with Gasteiger partial charge in [-0.05, 0) is 38.0 Å². The lowest BCUT2D eigenvalue weighted by atomic mass is 10.0. The van der Waals surface area contributed by atoms with Crippen LogP contribution >= 0.6 is 0 Å². The monoisotopic (exact) mass is 235 g/mol. The van der Waals surface area contributed by atoms with Gasteiger partial charge in [0.05, 0.1) is 7.11 Å². The molecule has 0 fully saturated rings. The Hall–Kier alpha value is -1.51. The van der Waals surface area contributed by atoms with Crippen LogP contribution in [0.3, 0.4) is 0 Å². The van der Waals surface area contributed by atoms with Crippen LogP contribution in [0.2, 0.25) is 0 Å². The first-order chi connectivity index (χ1) is 8.02. The molecule has 0 aliphatic rings. The zero-order valence-electron chi connectivity index (χ0n) is 11.0. The molecule has 1 aromatic rings. The first-order valence-corrected chi connectivity index (χ1v) is 5.96. The molecule has 1 rings (SSSR count). The number of hydroxylamine groups is 1. The highest BCUT2D eigenvalue weighted by Gasteiger charge is 2.08.